The van der Waals surface area contributed by atoms with E-state index in [1.807, 2.05) is 6.92 Å². The molecule has 1 fully saturated rings. The molecule has 0 aromatic heterocycles. The van der Waals surface area contributed by atoms with Crippen LogP contribution in [0.1, 0.15) is 27.2 Å². The van der Waals surface area contributed by atoms with Crippen LogP contribution in [-0.2, 0) is 9.59 Å². The zero-order valence-corrected chi connectivity index (χ0v) is 8.86. The van der Waals surface area contributed by atoms with E-state index in [0.717, 1.165) is 0 Å². The van der Waals surface area contributed by atoms with Crippen molar-refractivity contribution in [1.82, 2.24) is 4.90 Å². The highest BCUT2D eigenvalue weighted by Gasteiger charge is 2.39. The molecular formula is C10H17NO3. The first-order chi connectivity index (χ1) is 6.49. The zero-order valence-electron chi connectivity index (χ0n) is 8.86. The first-order valence-corrected chi connectivity index (χ1v) is 4.95. The molecule has 0 aromatic carbocycles. The molecule has 2 amide bonds. The van der Waals surface area contributed by atoms with Crippen LogP contribution in [0, 0.1) is 11.8 Å². The third kappa shape index (κ3) is 1.80. The molecule has 1 N–H and O–H groups in total. The molecule has 0 spiro atoms. The molecule has 4 nitrogen and oxygen atoms in total. The summed E-state index contributed by atoms with van der Waals surface area (Å²) in [6.07, 6.45) is 0.307. The summed E-state index contributed by atoms with van der Waals surface area (Å²) in [5.41, 5.74) is 0. The van der Waals surface area contributed by atoms with Gasteiger partial charge in [-0.25, -0.2) is 0 Å². The average molecular weight is 199 g/mol. The predicted molar refractivity (Wildman–Crippen MR) is 51.3 cm³/mol. The van der Waals surface area contributed by atoms with Crippen LogP contribution in [0.2, 0.25) is 0 Å². The van der Waals surface area contributed by atoms with Crippen molar-refractivity contribution in [1.29, 1.82) is 0 Å². The molecule has 4 heteroatoms. The average Bonchev–Trinajstić information content (AvgIpc) is 2.39. The lowest BCUT2D eigenvalue weighted by Crippen LogP contribution is -2.42. The van der Waals surface area contributed by atoms with Gasteiger partial charge in [0, 0.05) is 25.0 Å². The van der Waals surface area contributed by atoms with E-state index in [1.54, 1.807) is 13.8 Å². The number of carbonyl (C=O) groups is 2. The third-order valence-corrected chi connectivity index (χ3v) is 2.93. The summed E-state index contributed by atoms with van der Waals surface area (Å²) in [4.78, 5) is 24.4. The number of nitrogens with zero attached hydrogens (tertiary/aromatic N) is 1. The van der Waals surface area contributed by atoms with Crippen molar-refractivity contribution in [2.45, 2.75) is 33.2 Å². The first kappa shape index (κ1) is 11.2. The van der Waals surface area contributed by atoms with Crippen molar-refractivity contribution in [2.24, 2.45) is 11.8 Å². The van der Waals surface area contributed by atoms with Crippen LogP contribution in [-0.4, -0.2) is 34.5 Å². The van der Waals surface area contributed by atoms with Gasteiger partial charge >= 0.3 is 0 Å². The second-order valence-electron chi connectivity index (χ2n) is 4.11. The van der Waals surface area contributed by atoms with Crippen LogP contribution in [0.5, 0.6) is 0 Å². The van der Waals surface area contributed by atoms with Gasteiger partial charge in [0.05, 0.1) is 0 Å². The topological polar surface area (TPSA) is 57.6 Å². The number of aliphatic hydroxyl groups is 1. The van der Waals surface area contributed by atoms with Crippen LogP contribution < -0.4 is 0 Å². The number of rotatable bonds is 3. The fraction of sp³-hybridized carbons (Fsp3) is 0.800. The quantitative estimate of drug-likeness (QED) is 0.669. The minimum absolute atomic E-state index is 0.00733. The van der Waals surface area contributed by atoms with Crippen molar-refractivity contribution < 1.29 is 14.7 Å². The molecule has 1 aliphatic heterocycles. The molecule has 0 saturated carbocycles. The van der Waals surface area contributed by atoms with E-state index < -0.39 is 0 Å². The first-order valence-electron chi connectivity index (χ1n) is 4.95. The van der Waals surface area contributed by atoms with Gasteiger partial charge < -0.3 is 5.11 Å². The van der Waals surface area contributed by atoms with Gasteiger partial charge in [0.2, 0.25) is 11.8 Å². The van der Waals surface area contributed by atoms with Crippen LogP contribution in [0.3, 0.4) is 0 Å². The second kappa shape index (κ2) is 4.09. The van der Waals surface area contributed by atoms with E-state index in [-0.39, 0.29) is 36.3 Å². The van der Waals surface area contributed by atoms with E-state index in [9.17, 15) is 9.59 Å². The fourth-order valence-electron chi connectivity index (χ4n) is 1.64. The van der Waals surface area contributed by atoms with Gasteiger partial charge in [-0.05, 0) is 12.8 Å². The Labute approximate surface area is 83.9 Å². The lowest BCUT2D eigenvalue weighted by molar-refractivity contribution is -0.142. The molecule has 1 saturated heterocycles. The number of likely N-dealkylation sites (tertiary alicyclic amines) is 1. The van der Waals surface area contributed by atoms with Crippen molar-refractivity contribution >= 4 is 11.8 Å². The summed E-state index contributed by atoms with van der Waals surface area (Å²) in [7, 11) is 0. The van der Waals surface area contributed by atoms with Crippen molar-refractivity contribution in [3.8, 4) is 0 Å². The normalized spacial score (nSPS) is 26.9. The highest BCUT2D eigenvalue weighted by Crippen LogP contribution is 2.24. The molecule has 3 unspecified atom stereocenters. The zero-order chi connectivity index (χ0) is 10.9. The number of amides is 2. The maximum atomic E-state index is 11.6. The Bertz CT molecular complexity index is 252. The largest absolute Gasteiger partial charge is 0.396 e. The lowest BCUT2D eigenvalue weighted by atomic mass is 10.0. The monoisotopic (exact) mass is 199 g/mol. The molecule has 1 rings (SSSR count). The van der Waals surface area contributed by atoms with E-state index in [1.165, 1.54) is 4.90 Å². The van der Waals surface area contributed by atoms with Gasteiger partial charge in [0.1, 0.15) is 0 Å². The molecule has 0 radical (unpaired) electrons. The molecule has 1 aliphatic rings. The van der Waals surface area contributed by atoms with E-state index in [4.69, 9.17) is 5.11 Å². The van der Waals surface area contributed by atoms with Crippen molar-refractivity contribution in [2.75, 3.05) is 6.61 Å². The summed E-state index contributed by atoms with van der Waals surface area (Å²) >= 11 is 0. The van der Waals surface area contributed by atoms with E-state index in [2.05, 4.69) is 0 Å². The molecule has 0 aliphatic carbocycles. The lowest BCUT2D eigenvalue weighted by Gasteiger charge is -2.27. The Morgan fingerprint density at radius 1 is 1.50 bits per heavy atom. The minimum atomic E-state index is -0.204. The van der Waals surface area contributed by atoms with Gasteiger partial charge in [-0.2, -0.15) is 0 Å². The second-order valence-corrected chi connectivity index (χ2v) is 4.11. The van der Waals surface area contributed by atoms with E-state index >= 15 is 0 Å². The highest BCUT2D eigenvalue weighted by atomic mass is 16.3. The van der Waals surface area contributed by atoms with Crippen LogP contribution >= 0.6 is 0 Å². The molecule has 14 heavy (non-hydrogen) atoms. The maximum Gasteiger partial charge on any atom is 0.232 e. The molecule has 3 atom stereocenters. The molecule has 0 bridgehead atoms. The highest BCUT2D eigenvalue weighted by molar-refractivity contribution is 6.03. The summed E-state index contributed by atoms with van der Waals surface area (Å²) in [5.74, 6) is -0.484. The third-order valence-electron chi connectivity index (χ3n) is 2.93. The fourth-order valence-corrected chi connectivity index (χ4v) is 1.64. The van der Waals surface area contributed by atoms with E-state index in [0.29, 0.717) is 6.42 Å². The number of hydrogen-bond donors (Lipinski definition) is 1. The standard InChI is InChI=1S/C10H17NO3/c1-6-4-9(13)11(10(6)14)8(3)7(2)5-12/h6-8,12H,4-5H2,1-3H3. The maximum absolute atomic E-state index is 11.6. The minimum Gasteiger partial charge on any atom is -0.396 e. The summed E-state index contributed by atoms with van der Waals surface area (Å²) in [6.45, 7) is 5.38. The number of carbonyl (C=O) groups excluding carboxylic acids is 2. The van der Waals surface area contributed by atoms with Crippen LogP contribution in [0.25, 0.3) is 0 Å². The number of aliphatic hydroxyl groups excluding tert-OH is 1. The summed E-state index contributed by atoms with van der Waals surface area (Å²) in [5, 5.41) is 8.95. The summed E-state index contributed by atoms with van der Waals surface area (Å²) in [6, 6.07) is -0.204. The molecular weight excluding hydrogens is 182 g/mol. The Balaban J connectivity index is 2.77. The SMILES string of the molecule is CC1CC(=O)N(C(C)C(C)CO)C1=O. The Kier molecular flexibility index (Phi) is 3.26. The van der Waals surface area contributed by atoms with Gasteiger partial charge in [0.25, 0.3) is 0 Å². The number of imide groups is 1. The van der Waals surface area contributed by atoms with Crippen molar-refractivity contribution in [3.63, 3.8) is 0 Å². The number of hydrogen-bond acceptors (Lipinski definition) is 3. The van der Waals surface area contributed by atoms with Gasteiger partial charge in [-0.15, -0.1) is 0 Å². The van der Waals surface area contributed by atoms with Crippen LogP contribution in [0.4, 0.5) is 0 Å². The Morgan fingerprint density at radius 3 is 2.43 bits per heavy atom. The smallest absolute Gasteiger partial charge is 0.232 e. The Hall–Kier alpha value is -0.900. The van der Waals surface area contributed by atoms with Gasteiger partial charge in [-0.3, -0.25) is 14.5 Å². The summed E-state index contributed by atoms with van der Waals surface area (Å²) < 4.78 is 0. The van der Waals surface area contributed by atoms with Crippen LogP contribution in [0.15, 0.2) is 0 Å². The molecule has 0 aromatic rings. The van der Waals surface area contributed by atoms with Gasteiger partial charge in [-0.1, -0.05) is 13.8 Å². The molecule has 80 valence electrons. The van der Waals surface area contributed by atoms with Crippen molar-refractivity contribution in [3.05, 3.63) is 0 Å². The Morgan fingerprint density at radius 2 is 2.07 bits per heavy atom. The predicted octanol–water partition coefficient (Wildman–Crippen LogP) is 0.398. The van der Waals surface area contributed by atoms with Gasteiger partial charge in [0.15, 0.2) is 0 Å². The molecule has 1 heterocycles.